The van der Waals surface area contributed by atoms with Gasteiger partial charge in [-0.3, -0.25) is 9.59 Å². The zero-order valence-electron chi connectivity index (χ0n) is 15.8. The maximum atomic E-state index is 14.0. The number of nitrogens with one attached hydrogen (secondary N) is 1. The number of fused-ring (bicyclic) bond motifs is 1. The standard InChI is InChI=1S/C21H23FN2O3S/c1-13-2-4-17(16(22)10-13)23-20(25)14-3-5-18-15(11-14)12-19(28-18)21(26)24-6-8-27-9-7-24/h2,4,10,12,14H,3,5-9,11H2,1H3,(H,23,25)/t14-/m1/s1. The summed E-state index contributed by atoms with van der Waals surface area (Å²) in [4.78, 5) is 29.1. The summed E-state index contributed by atoms with van der Waals surface area (Å²) in [5, 5.41) is 2.72. The third-order valence-electron chi connectivity index (χ3n) is 5.35. The second kappa shape index (κ2) is 8.01. The van der Waals surface area contributed by atoms with Gasteiger partial charge in [0.1, 0.15) is 5.82 Å². The van der Waals surface area contributed by atoms with Crippen molar-refractivity contribution in [3.63, 3.8) is 0 Å². The maximum absolute atomic E-state index is 14.0. The van der Waals surface area contributed by atoms with Crippen LogP contribution in [0, 0.1) is 18.7 Å². The summed E-state index contributed by atoms with van der Waals surface area (Å²) >= 11 is 1.54. The van der Waals surface area contributed by atoms with Gasteiger partial charge >= 0.3 is 0 Å². The van der Waals surface area contributed by atoms with Crippen LogP contribution in [0.4, 0.5) is 10.1 Å². The third kappa shape index (κ3) is 3.95. The molecule has 28 heavy (non-hydrogen) atoms. The molecule has 1 aromatic heterocycles. The molecule has 148 valence electrons. The molecule has 1 aromatic carbocycles. The van der Waals surface area contributed by atoms with Crippen molar-refractivity contribution in [2.75, 3.05) is 31.6 Å². The van der Waals surface area contributed by atoms with Crippen LogP contribution in [0.25, 0.3) is 0 Å². The van der Waals surface area contributed by atoms with Crippen molar-refractivity contribution in [1.29, 1.82) is 0 Å². The summed E-state index contributed by atoms with van der Waals surface area (Å²) in [6, 6.07) is 6.72. The summed E-state index contributed by atoms with van der Waals surface area (Å²) in [6.07, 6.45) is 2.06. The van der Waals surface area contributed by atoms with Gasteiger partial charge in [-0.1, -0.05) is 6.07 Å². The second-order valence-corrected chi connectivity index (χ2v) is 8.51. The van der Waals surface area contributed by atoms with Crippen molar-refractivity contribution in [2.45, 2.75) is 26.2 Å². The molecule has 0 bridgehead atoms. The number of ether oxygens (including phenoxy) is 1. The molecule has 2 aromatic rings. The minimum Gasteiger partial charge on any atom is -0.378 e. The van der Waals surface area contributed by atoms with Gasteiger partial charge in [0.05, 0.1) is 23.8 Å². The van der Waals surface area contributed by atoms with Crippen molar-refractivity contribution in [3.05, 3.63) is 51.0 Å². The smallest absolute Gasteiger partial charge is 0.264 e. The Balaban J connectivity index is 1.43. The summed E-state index contributed by atoms with van der Waals surface area (Å²) in [5.74, 6) is -0.751. The zero-order valence-corrected chi connectivity index (χ0v) is 16.6. The van der Waals surface area contributed by atoms with Crippen LogP contribution in [0.5, 0.6) is 0 Å². The van der Waals surface area contributed by atoms with Gasteiger partial charge in [0.2, 0.25) is 5.91 Å². The minimum absolute atomic E-state index is 0.0467. The van der Waals surface area contributed by atoms with E-state index in [-0.39, 0.29) is 23.4 Å². The number of amides is 2. The van der Waals surface area contributed by atoms with Crippen LogP contribution < -0.4 is 5.32 Å². The number of halogens is 1. The number of morpholine rings is 1. The Kier molecular flexibility index (Phi) is 5.46. The molecule has 2 amide bonds. The summed E-state index contributed by atoms with van der Waals surface area (Å²) in [6.45, 7) is 4.20. The van der Waals surface area contributed by atoms with E-state index < -0.39 is 5.82 Å². The van der Waals surface area contributed by atoms with E-state index in [2.05, 4.69) is 5.32 Å². The van der Waals surface area contributed by atoms with Gasteiger partial charge in [-0.15, -0.1) is 11.3 Å². The van der Waals surface area contributed by atoms with Crippen molar-refractivity contribution in [2.24, 2.45) is 5.92 Å². The third-order valence-corrected chi connectivity index (χ3v) is 6.57. The quantitative estimate of drug-likeness (QED) is 0.856. The number of anilines is 1. The first-order chi connectivity index (χ1) is 13.5. The van der Waals surface area contributed by atoms with E-state index in [0.717, 1.165) is 22.4 Å². The van der Waals surface area contributed by atoms with Crippen LogP contribution in [0.1, 0.15) is 32.1 Å². The lowest BCUT2D eigenvalue weighted by atomic mass is 9.87. The molecule has 2 heterocycles. The molecule has 4 rings (SSSR count). The fraction of sp³-hybridized carbons (Fsp3) is 0.429. The molecule has 1 atom stereocenters. The Hall–Kier alpha value is -2.25. The van der Waals surface area contributed by atoms with Crippen molar-refractivity contribution in [1.82, 2.24) is 4.90 Å². The van der Waals surface area contributed by atoms with Gasteiger partial charge in [-0.2, -0.15) is 0 Å². The number of hydrogen-bond donors (Lipinski definition) is 1. The van der Waals surface area contributed by atoms with Crippen LogP contribution in [0.3, 0.4) is 0 Å². The van der Waals surface area contributed by atoms with Crippen molar-refractivity contribution >= 4 is 28.8 Å². The maximum Gasteiger partial charge on any atom is 0.264 e. The Bertz CT molecular complexity index is 905. The van der Waals surface area contributed by atoms with Crippen LogP contribution in [-0.4, -0.2) is 43.0 Å². The van der Waals surface area contributed by atoms with Crippen LogP contribution in [0.15, 0.2) is 24.3 Å². The SMILES string of the molecule is Cc1ccc(NC(=O)[C@@H]2CCc3sc(C(=O)N4CCOCC4)cc3C2)c(F)c1. The van der Waals surface area contributed by atoms with E-state index in [1.54, 1.807) is 12.1 Å². The minimum atomic E-state index is -0.418. The fourth-order valence-electron chi connectivity index (χ4n) is 3.73. The fourth-order valence-corrected chi connectivity index (χ4v) is 4.91. The summed E-state index contributed by atoms with van der Waals surface area (Å²) < 4.78 is 19.3. The molecule has 1 N–H and O–H groups in total. The Morgan fingerprint density at radius 3 is 2.79 bits per heavy atom. The monoisotopic (exact) mass is 402 g/mol. The molecule has 1 fully saturated rings. The highest BCUT2D eigenvalue weighted by molar-refractivity contribution is 7.14. The molecule has 0 radical (unpaired) electrons. The van der Waals surface area contributed by atoms with E-state index in [1.807, 2.05) is 17.9 Å². The molecule has 0 spiro atoms. The number of aryl methyl sites for hydroxylation is 2. The first kappa shape index (κ1) is 19.1. The molecule has 0 unspecified atom stereocenters. The predicted molar refractivity (Wildman–Crippen MR) is 106 cm³/mol. The van der Waals surface area contributed by atoms with Gasteiger partial charge in [-0.05, 0) is 55.5 Å². The van der Waals surface area contributed by atoms with E-state index >= 15 is 0 Å². The summed E-state index contributed by atoms with van der Waals surface area (Å²) in [5.41, 5.74) is 2.10. The molecule has 7 heteroatoms. The molecule has 5 nitrogen and oxygen atoms in total. The molecular weight excluding hydrogens is 379 g/mol. The Morgan fingerprint density at radius 1 is 1.25 bits per heavy atom. The van der Waals surface area contributed by atoms with E-state index in [0.29, 0.717) is 39.1 Å². The molecular formula is C21H23FN2O3S. The summed E-state index contributed by atoms with van der Waals surface area (Å²) in [7, 11) is 0. The molecule has 1 aliphatic heterocycles. The van der Waals surface area contributed by atoms with Crippen LogP contribution in [-0.2, 0) is 22.4 Å². The molecule has 2 aliphatic rings. The average molecular weight is 402 g/mol. The Labute approximate surface area is 167 Å². The van der Waals surface area contributed by atoms with Crippen LogP contribution >= 0.6 is 11.3 Å². The topological polar surface area (TPSA) is 58.6 Å². The second-order valence-electron chi connectivity index (χ2n) is 7.38. The zero-order chi connectivity index (χ0) is 19.7. The lowest BCUT2D eigenvalue weighted by Gasteiger charge is -2.26. The Morgan fingerprint density at radius 2 is 2.04 bits per heavy atom. The molecule has 0 saturated carbocycles. The first-order valence-electron chi connectivity index (χ1n) is 9.57. The number of benzene rings is 1. The van der Waals surface area contributed by atoms with Gasteiger partial charge in [-0.25, -0.2) is 4.39 Å². The normalized spacial score (nSPS) is 19.2. The molecule has 1 saturated heterocycles. The molecule has 1 aliphatic carbocycles. The van der Waals surface area contributed by atoms with Gasteiger partial charge in [0.15, 0.2) is 0 Å². The highest BCUT2D eigenvalue weighted by atomic mass is 32.1. The number of carbonyl (C=O) groups excluding carboxylic acids is 2. The largest absolute Gasteiger partial charge is 0.378 e. The van der Waals surface area contributed by atoms with Gasteiger partial charge in [0.25, 0.3) is 5.91 Å². The van der Waals surface area contributed by atoms with E-state index in [9.17, 15) is 14.0 Å². The number of rotatable bonds is 3. The first-order valence-corrected chi connectivity index (χ1v) is 10.4. The van der Waals surface area contributed by atoms with Crippen LogP contribution in [0.2, 0.25) is 0 Å². The number of hydrogen-bond acceptors (Lipinski definition) is 4. The average Bonchev–Trinajstić information content (AvgIpc) is 3.13. The van der Waals surface area contributed by atoms with Crippen molar-refractivity contribution in [3.8, 4) is 0 Å². The highest BCUT2D eigenvalue weighted by Gasteiger charge is 2.29. The lowest BCUT2D eigenvalue weighted by molar-refractivity contribution is -0.120. The van der Waals surface area contributed by atoms with Gasteiger partial charge < -0.3 is 15.0 Å². The highest BCUT2D eigenvalue weighted by Crippen LogP contribution is 2.33. The number of carbonyl (C=O) groups is 2. The van der Waals surface area contributed by atoms with Gasteiger partial charge in [0, 0.05) is 23.9 Å². The number of thiophene rings is 1. The van der Waals surface area contributed by atoms with Crippen molar-refractivity contribution < 1.29 is 18.7 Å². The van der Waals surface area contributed by atoms with E-state index in [4.69, 9.17) is 4.74 Å². The lowest BCUT2D eigenvalue weighted by Crippen LogP contribution is -2.40. The number of nitrogens with zero attached hydrogens (tertiary/aromatic N) is 1. The van der Waals surface area contributed by atoms with E-state index in [1.165, 1.54) is 22.3 Å². The predicted octanol–water partition coefficient (Wildman–Crippen LogP) is 3.41.